The van der Waals surface area contributed by atoms with Crippen LogP contribution in [0.4, 0.5) is 5.69 Å². The zero-order valence-corrected chi connectivity index (χ0v) is 14.6. The molecule has 0 aliphatic carbocycles. The van der Waals surface area contributed by atoms with Gasteiger partial charge in [0.1, 0.15) is 24.7 Å². The fourth-order valence-corrected chi connectivity index (χ4v) is 2.62. The molecule has 0 atom stereocenters. The van der Waals surface area contributed by atoms with Crippen molar-refractivity contribution in [2.45, 2.75) is 6.54 Å². The van der Waals surface area contributed by atoms with Gasteiger partial charge in [-0.3, -0.25) is 0 Å². The summed E-state index contributed by atoms with van der Waals surface area (Å²) in [5.74, 6) is 1.65. The van der Waals surface area contributed by atoms with Crippen molar-refractivity contribution in [3.63, 3.8) is 0 Å². The third kappa shape index (κ3) is 5.44. The lowest BCUT2D eigenvalue weighted by Crippen LogP contribution is -2.10. The maximum absolute atomic E-state index is 6.03. The van der Waals surface area contributed by atoms with Crippen molar-refractivity contribution in [3.8, 4) is 11.5 Å². The summed E-state index contributed by atoms with van der Waals surface area (Å²) in [5.41, 5.74) is 2.07. The number of halogens is 1. The molecule has 0 saturated carbocycles. The van der Waals surface area contributed by atoms with Gasteiger partial charge < -0.3 is 14.8 Å². The normalized spacial score (nSPS) is 10.3. The first kappa shape index (κ1) is 17.2. The largest absolute Gasteiger partial charge is 0.490 e. The Kier molecular flexibility index (Phi) is 6.18. The average Bonchev–Trinajstić information content (AvgIpc) is 2.65. The molecular weight excluding hydrogens is 334 g/mol. The predicted molar refractivity (Wildman–Crippen MR) is 103 cm³/mol. The van der Waals surface area contributed by atoms with Crippen molar-refractivity contribution in [2.75, 3.05) is 18.5 Å². The maximum atomic E-state index is 6.03. The van der Waals surface area contributed by atoms with Crippen LogP contribution in [0.5, 0.6) is 11.5 Å². The maximum Gasteiger partial charge on any atom is 0.142 e. The second-order valence-electron chi connectivity index (χ2n) is 5.49. The van der Waals surface area contributed by atoms with Crippen molar-refractivity contribution in [1.82, 2.24) is 0 Å². The first-order valence-corrected chi connectivity index (χ1v) is 8.57. The molecule has 0 heterocycles. The number of hydrogen-bond donors (Lipinski definition) is 1. The van der Waals surface area contributed by atoms with Gasteiger partial charge in [0.15, 0.2) is 0 Å². The Hall–Kier alpha value is -2.65. The molecule has 3 aromatic carbocycles. The van der Waals surface area contributed by atoms with Crippen LogP contribution in [-0.2, 0) is 6.54 Å². The van der Waals surface area contributed by atoms with Crippen LogP contribution in [0, 0.1) is 0 Å². The quantitative estimate of drug-likeness (QED) is 0.549. The van der Waals surface area contributed by atoms with E-state index in [4.69, 9.17) is 21.1 Å². The Balaban J connectivity index is 1.52. The molecule has 0 aliphatic rings. The SMILES string of the molecule is Clc1cccc(CNc2ccccc2OCCOc2ccccc2)c1. The van der Waals surface area contributed by atoms with Gasteiger partial charge in [-0.05, 0) is 42.0 Å². The summed E-state index contributed by atoms with van der Waals surface area (Å²) in [7, 11) is 0. The standard InChI is InChI=1S/C21H20ClNO2/c22-18-8-6-7-17(15-18)16-23-20-11-4-5-12-21(20)25-14-13-24-19-9-2-1-3-10-19/h1-12,15,23H,13-14,16H2. The fourth-order valence-electron chi connectivity index (χ4n) is 2.41. The van der Waals surface area contributed by atoms with E-state index in [0.717, 1.165) is 27.8 Å². The van der Waals surface area contributed by atoms with Gasteiger partial charge in [-0.1, -0.05) is 54.1 Å². The van der Waals surface area contributed by atoms with Gasteiger partial charge in [0.05, 0.1) is 5.69 Å². The lowest BCUT2D eigenvalue weighted by Gasteiger charge is -2.14. The molecule has 4 heteroatoms. The van der Waals surface area contributed by atoms with E-state index < -0.39 is 0 Å². The number of benzene rings is 3. The smallest absolute Gasteiger partial charge is 0.142 e. The van der Waals surface area contributed by atoms with Gasteiger partial charge in [-0.15, -0.1) is 0 Å². The minimum absolute atomic E-state index is 0.477. The first-order chi connectivity index (χ1) is 12.3. The highest BCUT2D eigenvalue weighted by Gasteiger charge is 2.03. The Bertz CT molecular complexity index is 793. The Morgan fingerprint density at radius 2 is 1.52 bits per heavy atom. The van der Waals surface area contributed by atoms with Crippen LogP contribution in [0.1, 0.15) is 5.56 Å². The number of para-hydroxylation sites is 3. The van der Waals surface area contributed by atoms with E-state index in [1.165, 1.54) is 0 Å². The van der Waals surface area contributed by atoms with E-state index in [1.54, 1.807) is 0 Å². The Labute approximate surface area is 153 Å². The minimum atomic E-state index is 0.477. The van der Waals surface area contributed by atoms with Crippen molar-refractivity contribution in [3.05, 3.63) is 89.4 Å². The molecule has 0 amide bonds. The van der Waals surface area contributed by atoms with E-state index >= 15 is 0 Å². The predicted octanol–water partition coefficient (Wildman–Crippen LogP) is 5.41. The Morgan fingerprint density at radius 1 is 0.760 bits per heavy atom. The monoisotopic (exact) mass is 353 g/mol. The van der Waals surface area contributed by atoms with Crippen LogP contribution < -0.4 is 14.8 Å². The Morgan fingerprint density at radius 3 is 2.36 bits per heavy atom. The van der Waals surface area contributed by atoms with Crippen molar-refractivity contribution < 1.29 is 9.47 Å². The van der Waals surface area contributed by atoms with Gasteiger partial charge in [0.2, 0.25) is 0 Å². The number of rotatable bonds is 8. The number of nitrogens with one attached hydrogen (secondary N) is 1. The topological polar surface area (TPSA) is 30.5 Å². The summed E-state index contributed by atoms with van der Waals surface area (Å²) in [6.45, 7) is 1.65. The summed E-state index contributed by atoms with van der Waals surface area (Å²) in [5, 5.41) is 4.13. The van der Waals surface area contributed by atoms with Crippen LogP contribution in [0.3, 0.4) is 0 Å². The summed E-state index contributed by atoms with van der Waals surface area (Å²) < 4.78 is 11.5. The highest BCUT2D eigenvalue weighted by atomic mass is 35.5. The van der Waals surface area contributed by atoms with Crippen molar-refractivity contribution in [1.29, 1.82) is 0 Å². The highest BCUT2D eigenvalue weighted by molar-refractivity contribution is 6.30. The number of anilines is 1. The molecule has 0 aromatic heterocycles. The summed E-state index contributed by atoms with van der Waals surface area (Å²) in [6, 6.07) is 25.4. The third-order valence-electron chi connectivity index (χ3n) is 3.61. The van der Waals surface area contributed by atoms with Crippen LogP contribution in [0.15, 0.2) is 78.9 Å². The van der Waals surface area contributed by atoms with Gasteiger partial charge in [-0.25, -0.2) is 0 Å². The van der Waals surface area contributed by atoms with Crippen LogP contribution in [0.2, 0.25) is 5.02 Å². The van der Waals surface area contributed by atoms with Crippen LogP contribution in [-0.4, -0.2) is 13.2 Å². The summed E-state index contributed by atoms with van der Waals surface area (Å²) in [4.78, 5) is 0. The van der Waals surface area contributed by atoms with Crippen molar-refractivity contribution >= 4 is 17.3 Å². The van der Waals surface area contributed by atoms with Crippen molar-refractivity contribution in [2.24, 2.45) is 0 Å². The lowest BCUT2D eigenvalue weighted by atomic mass is 10.2. The third-order valence-corrected chi connectivity index (χ3v) is 3.85. The van der Waals surface area contributed by atoms with E-state index in [-0.39, 0.29) is 0 Å². The fraction of sp³-hybridized carbons (Fsp3) is 0.143. The summed E-state index contributed by atoms with van der Waals surface area (Å²) in [6.07, 6.45) is 0. The first-order valence-electron chi connectivity index (χ1n) is 8.19. The molecule has 0 bridgehead atoms. The molecule has 3 aromatic rings. The number of hydrogen-bond acceptors (Lipinski definition) is 3. The van der Waals surface area contributed by atoms with Gasteiger partial charge in [0.25, 0.3) is 0 Å². The minimum Gasteiger partial charge on any atom is -0.490 e. The molecule has 128 valence electrons. The second-order valence-corrected chi connectivity index (χ2v) is 5.93. The van der Waals surface area contributed by atoms with Crippen LogP contribution >= 0.6 is 11.6 Å². The molecule has 0 fully saturated rings. The van der Waals surface area contributed by atoms with E-state index in [1.807, 2.05) is 78.9 Å². The molecule has 25 heavy (non-hydrogen) atoms. The van der Waals surface area contributed by atoms with E-state index in [0.29, 0.717) is 19.8 Å². The zero-order chi connectivity index (χ0) is 17.3. The van der Waals surface area contributed by atoms with E-state index in [9.17, 15) is 0 Å². The molecule has 0 saturated heterocycles. The van der Waals surface area contributed by atoms with Gasteiger partial charge in [0, 0.05) is 11.6 Å². The highest BCUT2D eigenvalue weighted by Crippen LogP contribution is 2.24. The molecule has 0 spiro atoms. The van der Waals surface area contributed by atoms with Gasteiger partial charge in [-0.2, -0.15) is 0 Å². The van der Waals surface area contributed by atoms with Crippen LogP contribution in [0.25, 0.3) is 0 Å². The molecule has 0 aliphatic heterocycles. The summed E-state index contributed by atoms with van der Waals surface area (Å²) >= 11 is 6.03. The average molecular weight is 354 g/mol. The second kappa shape index (κ2) is 9.00. The molecule has 3 nitrogen and oxygen atoms in total. The van der Waals surface area contributed by atoms with Gasteiger partial charge >= 0.3 is 0 Å². The zero-order valence-electron chi connectivity index (χ0n) is 13.8. The lowest BCUT2D eigenvalue weighted by molar-refractivity contribution is 0.218. The molecule has 1 N–H and O–H groups in total. The molecule has 3 rings (SSSR count). The molecule has 0 radical (unpaired) electrons. The van der Waals surface area contributed by atoms with E-state index in [2.05, 4.69) is 5.32 Å². The number of ether oxygens (including phenoxy) is 2. The molecule has 0 unspecified atom stereocenters. The molecular formula is C21H20ClNO2.